The number of unbranched alkanes of at least 4 members (excludes halogenated alkanes) is 1. The van der Waals surface area contributed by atoms with Crippen LogP contribution in [-0.4, -0.2) is 6.29 Å². The second kappa shape index (κ2) is 8.20. The molecule has 1 heteroatoms. The third kappa shape index (κ3) is 5.22. The van der Waals surface area contributed by atoms with Crippen LogP contribution >= 0.6 is 0 Å². The van der Waals surface area contributed by atoms with Gasteiger partial charge in [-0.05, 0) is 55.8 Å². The van der Waals surface area contributed by atoms with E-state index in [2.05, 4.69) is 13.8 Å². The molecule has 0 spiro atoms. The predicted molar refractivity (Wildman–Crippen MR) is 85.6 cm³/mol. The Kier molecular flexibility index (Phi) is 6.58. The van der Waals surface area contributed by atoms with Crippen LogP contribution in [0.5, 0.6) is 0 Å². The second-order valence-corrected chi connectivity index (χ2v) is 8.00. The van der Waals surface area contributed by atoms with Crippen molar-refractivity contribution < 1.29 is 4.79 Å². The van der Waals surface area contributed by atoms with Gasteiger partial charge in [0, 0.05) is 5.92 Å². The lowest BCUT2D eigenvalue weighted by Gasteiger charge is -2.31. The van der Waals surface area contributed by atoms with Crippen molar-refractivity contribution in [2.24, 2.45) is 29.6 Å². The van der Waals surface area contributed by atoms with Gasteiger partial charge in [0.15, 0.2) is 0 Å². The van der Waals surface area contributed by atoms with E-state index in [1.54, 1.807) is 0 Å². The monoisotopic (exact) mass is 278 g/mol. The van der Waals surface area contributed by atoms with Gasteiger partial charge in [0.1, 0.15) is 6.29 Å². The lowest BCUT2D eigenvalue weighted by Crippen LogP contribution is -2.19. The zero-order chi connectivity index (χ0) is 14.4. The molecule has 0 aromatic heterocycles. The maximum absolute atomic E-state index is 10.9. The third-order valence-electron chi connectivity index (χ3n) is 5.77. The van der Waals surface area contributed by atoms with Crippen molar-refractivity contribution in [3.05, 3.63) is 0 Å². The van der Waals surface area contributed by atoms with E-state index in [9.17, 15) is 4.79 Å². The van der Waals surface area contributed by atoms with Crippen LogP contribution in [0.3, 0.4) is 0 Å². The molecule has 0 aromatic carbocycles. The zero-order valence-electron chi connectivity index (χ0n) is 13.7. The van der Waals surface area contributed by atoms with Crippen molar-refractivity contribution in [2.75, 3.05) is 0 Å². The van der Waals surface area contributed by atoms with Crippen molar-refractivity contribution in [1.82, 2.24) is 0 Å². The van der Waals surface area contributed by atoms with Gasteiger partial charge < -0.3 is 4.79 Å². The van der Waals surface area contributed by atoms with Gasteiger partial charge in [0.2, 0.25) is 0 Å². The van der Waals surface area contributed by atoms with E-state index in [-0.39, 0.29) is 0 Å². The molecule has 2 rings (SSSR count). The maximum Gasteiger partial charge on any atom is 0.123 e. The van der Waals surface area contributed by atoms with Gasteiger partial charge in [0.25, 0.3) is 0 Å². The second-order valence-electron chi connectivity index (χ2n) is 8.00. The summed E-state index contributed by atoms with van der Waals surface area (Å²) in [7, 11) is 0. The van der Waals surface area contributed by atoms with Gasteiger partial charge >= 0.3 is 0 Å². The Hall–Kier alpha value is -0.330. The van der Waals surface area contributed by atoms with Crippen molar-refractivity contribution in [3.8, 4) is 0 Å². The molecule has 0 bridgehead atoms. The molecule has 0 aromatic rings. The van der Waals surface area contributed by atoms with Gasteiger partial charge in [-0.1, -0.05) is 52.4 Å². The first-order valence-electron chi connectivity index (χ1n) is 9.12. The number of carbonyl (C=O) groups is 1. The smallest absolute Gasteiger partial charge is 0.123 e. The Morgan fingerprint density at radius 1 is 0.850 bits per heavy atom. The first-order chi connectivity index (χ1) is 9.67. The molecule has 2 saturated carbocycles. The summed E-state index contributed by atoms with van der Waals surface area (Å²) in [6, 6.07) is 0. The number of hydrogen-bond donors (Lipinski definition) is 0. The molecule has 0 N–H and O–H groups in total. The van der Waals surface area contributed by atoms with Gasteiger partial charge in [-0.2, -0.15) is 0 Å². The number of hydrogen-bond acceptors (Lipinski definition) is 1. The van der Waals surface area contributed by atoms with Crippen LogP contribution < -0.4 is 0 Å². The van der Waals surface area contributed by atoms with Crippen LogP contribution in [0.4, 0.5) is 0 Å². The summed E-state index contributed by atoms with van der Waals surface area (Å²) in [5, 5.41) is 0. The molecule has 0 amide bonds. The largest absolute Gasteiger partial charge is 0.303 e. The zero-order valence-corrected chi connectivity index (χ0v) is 13.7. The molecule has 20 heavy (non-hydrogen) atoms. The average Bonchev–Trinajstić information content (AvgIpc) is 2.43. The number of rotatable bonds is 6. The fourth-order valence-corrected chi connectivity index (χ4v) is 4.93. The lowest BCUT2D eigenvalue weighted by molar-refractivity contribution is -0.112. The SMILES string of the molecule is CC1CC(C)CC(CCCCC2CCCC(C=O)C2)C1. The normalized spacial score (nSPS) is 38.6. The van der Waals surface area contributed by atoms with E-state index >= 15 is 0 Å². The van der Waals surface area contributed by atoms with Crippen LogP contribution in [0.25, 0.3) is 0 Å². The summed E-state index contributed by atoms with van der Waals surface area (Å²) in [4.78, 5) is 10.9. The Balaban J connectivity index is 1.58. The molecule has 4 unspecified atom stereocenters. The predicted octanol–water partition coefficient (Wildman–Crippen LogP) is 5.62. The van der Waals surface area contributed by atoms with E-state index in [1.165, 1.54) is 70.5 Å². The summed E-state index contributed by atoms with van der Waals surface area (Å²) in [5.74, 6) is 4.14. The summed E-state index contributed by atoms with van der Waals surface area (Å²) in [6.45, 7) is 4.87. The average molecular weight is 278 g/mol. The minimum absolute atomic E-state index is 0.383. The third-order valence-corrected chi connectivity index (χ3v) is 5.77. The highest BCUT2D eigenvalue weighted by atomic mass is 16.1. The molecule has 0 saturated heterocycles. The highest BCUT2D eigenvalue weighted by Gasteiger charge is 2.24. The van der Waals surface area contributed by atoms with Crippen molar-refractivity contribution >= 4 is 6.29 Å². The molecule has 4 atom stereocenters. The summed E-state index contributed by atoms with van der Waals surface area (Å²) in [5.41, 5.74) is 0. The highest BCUT2D eigenvalue weighted by Crippen LogP contribution is 2.36. The van der Waals surface area contributed by atoms with E-state index in [0.29, 0.717) is 5.92 Å². The number of carbonyl (C=O) groups excluding carboxylic acids is 1. The van der Waals surface area contributed by atoms with Crippen LogP contribution in [0.1, 0.15) is 84.5 Å². The van der Waals surface area contributed by atoms with Crippen LogP contribution in [0.15, 0.2) is 0 Å². The van der Waals surface area contributed by atoms with Crippen molar-refractivity contribution in [2.45, 2.75) is 84.5 Å². The Morgan fingerprint density at radius 3 is 2.15 bits per heavy atom. The van der Waals surface area contributed by atoms with Crippen molar-refractivity contribution in [3.63, 3.8) is 0 Å². The van der Waals surface area contributed by atoms with Gasteiger partial charge in [-0.3, -0.25) is 0 Å². The fraction of sp³-hybridized carbons (Fsp3) is 0.947. The van der Waals surface area contributed by atoms with Crippen molar-refractivity contribution in [1.29, 1.82) is 0 Å². The molecule has 2 fully saturated rings. The molecule has 1 nitrogen and oxygen atoms in total. The van der Waals surface area contributed by atoms with Gasteiger partial charge in [-0.15, -0.1) is 0 Å². The fourth-order valence-electron chi connectivity index (χ4n) is 4.93. The molecule has 0 radical (unpaired) electrons. The standard InChI is InChI=1S/C19H34O/c1-15-10-16(2)12-18(11-15)7-4-3-6-17-8-5-9-19(13-17)14-20/h14-19H,3-13H2,1-2H3. The Labute approximate surface area is 125 Å². The molecule has 0 aliphatic heterocycles. The van der Waals surface area contributed by atoms with Gasteiger partial charge in [-0.25, -0.2) is 0 Å². The Morgan fingerprint density at radius 2 is 1.50 bits per heavy atom. The topological polar surface area (TPSA) is 17.1 Å². The van der Waals surface area contributed by atoms with Gasteiger partial charge in [0.05, 0.1) is 0 Å². The molecule has 0 heterocycles. The maximum atomic E-state index is 10.9. The first kappa shape index (κ1) is 16.0. The minimum Gasteiger partial charge on any atom is -0.303 e. The molecular weight excluding hydrogens is 244 g/mol. The molecule has 116 valence electrons. The first-order valence-corrected chi connectivity index (χ1v) is 9.12. The minimum atomic E-state index is 0.383. The lowest BCUT2D eigenvalue weighted by atomic mass is 9.74. The van der Waals surface area contributed by atoms with E-state index in [1.807, 2.05) is 0 Å². The van der Waals surface area contributed by atoms with E-state index in [0.717, 1.165) is 30.1 Å². The molecular formula is C19H34O. The van der Waals surface area contributed by atoms with Crippen LogP contribution in [-0.2, 0) is 4.79 Å². The van der Waals surface area contributed by atoms with Crippen LogP contribution in [0.2, 0.25) is 0 Å². The summed E-state index contributed by atoms with van der Waals surface area (Å²) in [6.07, 6.45) is 16.2. The highest BCUT2D eigenvalue weighted by molar-refractivity contribution is 5.53. The molecule has 2 aliphatic carbocycles. The van der Waals surface area contributed by atoms with E-state index in [4.69, 9.17) is 0 Å². The Bertz CT molecular complexity index is 275. The quantitative estimate of drug-likeness (QED) is 0.455. The van der Waals surface area contributed by atoms with Crippen LogP contribution in [0, 0.1) is 29.6 Å². The summed E-state index contributed by atoms with van der Waals surface area (Å²) < 4.78 is 0. The van der Waals surface area contributed by atoms with E-state index < -0.39 is 0 Å². The number of aldehydes is 1. The summed E-state index contributed by atoms with van der Waals surface area (Å²) >= 11 is 0. The molecule has 2 aliphatic rings.